The lowest BCUT2D eigenvalue weighted by atomic mass is 9.97. The number of aromatic nitrogens is 2. The first-order valence-corrected chi connectivity index (χ1v) is 10.2. The van der Waals surface area contributed by atoms with Crippen molar-refractivity contribution < 1.29 is 9.53 Å². The van der Waals surface area contributed by atoms with Crippen LogP contribution in [0.25, 0.3) is 11.1 Å². The summed E-state index contributed by atoms with van der Waals surface area (Å²) in [6.07, 6.45) is 4.59. The number of aryl methyl sites for hydroxylation is 1. The van der Waals surface area contributed by atoms with Crippen LogP contribution in [-0.4, -0.2) is 58.8 Å². The van der Waals surface area contributed by atoms with Gasteiger partial charge in [-0.2, -0.15) is 5.10 Å². The second-order valence-corrected chi connectivity index (χ2v) is 7.90. The van der Waals surface area contributed by atoms with E-state index in [9.17, 15) is 4.79 Å². The smallest absolute Gasteiger partial charge is 0.240 e. The summed E-state index contributed by atoms with van der Waals surface area (Å²) < 4.78 is 7.07. The third kappa shape index (κ3) is 4.39. The molecule has 2 aromatic carbocycles. The summed E-state index contributed by atoms with van der Waals surface area (Å²) in [5.74, 6) is 1.02. The molecule has 1 atom stereocenters. The van der Waals surface area contributed by atoms with Crippen LogP contribution in [0.5, 0.6) is 5.75 Å². The van der Waals surface area contributed by atoms with Gasteiger partial charge in [-0.1, -0.05) is 36.4 Å². The first-order valence-electron chi connectivity index (χ1n) is 10.2. The number of piperazine rings is 1. The molecular formula is C24H28N4O2. The fourth-order valence-electron chi connectivity index (χ4n) is 4.03. The fourth-order valence-corrected chi connectivity index (χ4v) is 4.03. The molecule has 1 aromatic heterocycles. The normalized spacial score (nSPS) is 17.4. The summed E-state index contributed by atoms with van der Waals surface area (Å²) in [5.41, 5.74) is 4.57. The Morgan fingerprint density at radius 1 is 1.03 bits per heavy atom. The zero-order valence-electron chi connectivity index (χ0n) is 17.8. The van der Waals surface area contributed by atoms with E-state index in [0.717, 1.165) is 47.6 Å². The van der Waals surface area contributed by atoms with Gasteiger partial charge in [0.2, 0.25) is 5.91 Å². The first-order chi connectivity index (χ1) is 14.5. The maximum absolute atomic E-state index is 13.0. The lowest BCUT2D eigenvalue weighted by Crippen LogP contribution is -2.56. The second kappa shape index (κ2) is 8.71. The quantitative estimate of drug-likeness (QED) is 0.634. The zero-order chi connectivity index (χ0) is 21.1. The summed E-state index contributed by atoms with van der Waals surface area (Å²) in [7, 11) is 5.48. The van der Waals surface area contributed by atoms with Crippen molar-refractivity contribution in [3.05, 3.63) is 72.1 Å². The molecule has 1 amide bonds. The monoisotopic (exact) mass is 404 g/mol. The number of likely N-dealkylation sites (N-methyl/N-ethyl adjacent to an activating group) is 1. The maximum atomic E-state index is 13.0. The minimum atomic E-state index is -0.171. The molecule has 1 fully saturated rings. The molecule has 1 unspecified atom stereocenters. The van der Waals surface area contributed by atoms with E-state index in [-0.39, 0.29) is 11.9 Å². The average molecular weight is 405 g/mol. The molecule has 0 spiro atoms. The zero-order valence-corrected chi connectivity index (χ0v) is 17.8. The average Bonchev–Trinajstić information content (AvgIpc) is 3.18. The molecule has 4 rings (SSSR count). The Bertz CT molecular complexity index is 1010. The van der Waals surface area contributed by atoms with Gasteiger partial charge in [0.25, 0.3) is 0 Å². The molecule has 2 heterocycles. The van der Waals surface area contributed by atoms with Gasteiger partial charge < -0.3 is 9.64 Å². The summed E-state index contributed by atoms with van der Waals surface area (Å²) in [5, 5.41) is 4.27. The third-order valence-electron chi connectivity index (χ3n) is 5.75. The summed E-state index contributed by atoms with van der Waals surface area (Å²) >= 11 is 0. The van der Waals surface area contributed by atoms with Gasteiger partial charge in [-0.25, -0.2) is 0 Å². The van der Waals surface area contributed by atoms with Crippen LogP contribution in [0.1, 0.15) is 11.1 Å². The number of rotatable bonds is 6. The SMILES string of the molecule is COc1ccc(-c2cccc(CC3C(=O)N(C)CCN3Cc3cnn(C)c3)c2)cc1. The highest BCUT2D eigenvalue weighted by Crippen LogP contribution is 2.25. The number of amides is 1. The van der Waals surface area contributed by atoms with Crippen LogP contribution in [0, 0.1) is 0 Å². The molecule has 6 heteroatoms. The van der Waals surface area contributed by atoms with E-state index in [2.05, 4.69) is 46.4 Å². The molecule has 3 aromatic rings. The largest absolute Gasteiger partial charge is 0.497 e. The lowest BCUT2D eigenvalue weighted by molar-refractivity contribution is -0.140. The van der Waals surface area contributed by atoms with E-state index in [1.807, 2.05) is 43.5 Å². The van der Waals surface area contributed by atoms with Gasteiger partial charge in [0.05, 0.1) is 19.3 Å². The molecule has 0 saturated carbocycles. The molecule has 1 aliphatic heterocycles. The third-order valence-corrected chi connectivity index (χ3v) is 5.75. The summed E-state index contributed by atoms with van der Waals surface area (Å²) in [4.78, 5) is 17.1. The van der Waals surface area contributed by atoms with E-state index < -0.39 is 0 Å². The second-order valence-electron chi connectivity index (χ2n) is 7.90. The molecule has 156 valence electrons. The van der Waals surface area contributed by atoms with Gasteiger partial charge >= 0.3 is 0 Å². The van der Waals surface area contributed by atoms with Crippen LogP contribution >= 0.6 is 0 Å². The highest BCUT2D eigenvalue weighted by atomic mass is 16.5. The molecule has 0 radical (unpaired) electrons. The number of carbonyl (C=O) groups excluding carboxylic acids is 1. The Labute approximate surface area is 177 Å². The van der Waals surface area contributed by atoms with Gasteiger partial charge in [-0.05, 0) is 35.2 Å². The van der Waals surface area contributed by atoms with Crippen molar-refractivity contribution in [1.82, 2.24) is 19.6 Å². The number of ether oxygens (including phenoxy) is 1. The molecule has 1 aliphatic rings. The summed E-state index contributed by atoms with van der Waals surface area (Å²) in [6, 6.07) is 16.4. The molecule has 0 N–H and O–H groups in total. The van der Waals surface area contributed by atoms with E-state index in [0.29, 0.717) is 6.42 Å². The topological polar surface area (TPSA) is 50.6 Å². The van der Waals surface area contributed by atoms with Crippen molar-refractivity contribution >= 4 is 5.91 Å². The first kappa shape index (κ1) is 20.2. The van der Waals surface area contributed by atoms with Crippen molar-refractivity contribution in [3.63, 3.8) is 0 Å². The Hall–Kier alpha value is -3.12. The van der Waals surface area contributed by atoms with Crippen LogP contribution in [0.3, 0.4) is 0 Å². The van der Waals surface area contributed by atoms with E-state index in [1.54, 1.807) is 11.8 Å². The molecule has 0 bridgehead atoms. The maximum Gasteiger partial charge on any atom is 0.240 e. The van der Waals surface area contributed by atoms with Gasteiger partial charge in [0.15, 0.2) is 0 Å². The number of carbonyl (C=O) groups is 1. The summed E-state index contributed by atoms with van der Waals surface area (Å²) in [6.45, 7) is 2.34. The predicted octanol–water partition coefficient (Wildman–Crippen LogP) is 2.98. The molecule has 1 saturated heterocycles. The molecule has 30 heavy (non-hydrogen) atoms. The molecular weight excluding hydrogens is 376 g/mol. The van der Waals surface area contributed by atoms with E-state index in [1.165, 1.54) is 0 Å². The molecule has 0 aliphatic carbocycles. The van der Waals surface area contributed by atoms with E-state index >= 15 is 0 Å². The van der Waals surface area contributed by atoms with Crippen LogP contribution < -0.4 is 4.74 Å². The predicted molar refractivity (Wildman–Crippen MR) is 117 cm³/mol. The minimum absolute atomic E-state index is 0.171. The fraction of sp³-hybridized carbons (Fsp3) is 0.333. The molecule has 6 nitrogen and oxygen atoms in total. The Kier molecular flexibility index (Phi) is 5.86. The van der Waals surface area contributed by atoms with Crippen molar-refractivity contribution in [3.8, 4) is 16.9 Å². The van der Waals surface area contributed by atoms with Crippen LogP contribution in [0.4, 0.5) is 0 Å². The van der Waals surface area contributed by atoms with Gasteiger partial charge in [0, 0.05) is 45.5 Å². The number of benzene rings is 2. The van der Waals surface area contributed by atoms with Gasteiger partial charge in [0.1, 0.15) is 5.75 Å². The minimum Gasteiger partial charge on any atom is -0.497 e. The van der Waals surface area contributed by atoms with Crippen molar-refractivity contribution in [1.29, 1.82) is 0 Å². The number of hydrogen-bond donors (Lipinski definition) is 0. The van der Waals surface area contributed by atoms with Crippen LogP contribution in [-0.2, 0) is 24.8 Å². The van der Waals surface area contributed by atoms with Crippen molar-refractivity contribution in [2.75, 3.05) is 27.2 Å². The Balaban J connectivity index is 1.55. The van der Waals surface area contributed by atoms with Gasteiger partial charge in [-0.15, -0.1) is 0 Å². The lowest BCUT2D eigenvalue weighted by Gasteiger charge is -2.39. The number of hydrogen-bond acceptors (Lipinski definition) is 4. The highest BCUT2D eigenvalue weighted by Gasteiger charge is 2.33. The number of methoxy groups -OCH3 is 1. The Morgan fingerprint density at radius 3 is 2.53 bits per heavy atom. The van der Waals surface area contributed by atoms with Crippen molar-refractivity contribution in [2.45, 2.75) is 19.0 Å². The Morgan fingerprint density at radius 2 is 1.83 bits per heavy atom. The van der Waals surface area contributed by atoms with E-state index in [4.69, 9.17) is 4.74 Å². The highest BCUT2D eigenvalue weighted by molar-refractivity contribution is 5.83. The van der Waals surface area contributed by atoms with Crippen LogP contribution in [0.15, 0.2) is 60.9 Å². The number of nitrogens with zero attached hydrogens (tertiary/aromatic N) is 4. The van der Waals surface area contributed by atoms with Crippen LogP contribution in [0.2, 0.25) is 0 Å². The standard InChI is InChI=1S/C24H28N4O2/c1-26-11-12-28(17-19-15-25-27(2)16-19)23(24(26)29)14-18-5-4-6-21(13-18)20-7-9-22(30-3)10-8-20/h4-10,13,15-16,23H,11-12,14,17H2,1-3H3. The van der Waals surface area contributed by atoms with Crippen molar-refractivity contribution in [2.24, 2.45) is 7.05 Å². The van der Waals surface area contributed by atoms with Gasteiger partial charge in [-0.3, -0.25) is 14.4 Å².